The number of furan rings is 1. The standard InChI is InChI=1S/C7H4F2OS/c1-3-2-11-6-4(8)7(9)10-5(3)6/h2H,1H3. The lowest BCUT2D eigenvalue weighted by Crippen LogP contribution is -1.68. The highest BCUT2D eigenvalue weighted by Crippen LogP contribution is 2.31. The van der Waals surface area contributed by atoms with Crippen molar-refractivity contribution in [3.63, 3.8) is 0 Å². The van der Waals surface area contributed by atoms with Crippen LogP contribution in [0.15, 0.2) is 9.80 Å². The Morgan fingerprint density at radius 3 is 2.82 bits per heavy atom. The maximum atomic E-state index is 12.7. The lowest BCUT2D eigenvalue weighted by atomic mass is 10.3. The molecule has 58 valence electrons. The second kappa shape index (κ2) is 2.04. The van der Waals surface area contributed by atoms with Crippen molar-refractivity contribution >= 4 is 21.6 Å². The van der Waals surface area contributed by atoms with Gasteiger partial charge in [0.05, 0.1) is 0 Å². The molecule has 11 heavy (non-hydrogen) atoms. The Morgan fingerprint density at radius 2 is 2.18 bits per heavy atom. The summed E-state index contributed by atoms with van der Waals surface area (Å²) in [6.45, 7) is 1.75. The predicted molar refractivity (Wildman–Crippen MR) is 38.7 cm³/mol. The number of thiophene rings is 1. The number of hydrogen-bond acceptors (Lipinski definition) is 2. The van der Waals surface area contributed by atoms with Crippen LogP contribution >= 0.6 is 11.3 Å². The molecule has 0 aliphatic rings. The molecule has 2 rings (SSSR count). The quantitative estimate of drug-likeness (QED) is 0.598. The topological polar surface area (TPSA) is 13.1 Å². The first kappa shape index (κ1) is 6.79. The molecule has 0 aromatic carbocycles. The van der Waals surface area contributed by atoms with E-state index in [1.807, 2.05) is 0 Å². The van der Waals surface area contributed by atoms with E-state index in [9.17, 15) is 8.78 Å². The third-order valence-corrected chi connectivity index (χ3v) is 2.55. The first-order valence-corrected chi connectivity index (χ1v) is 3.89. The van der Waals surface area contributed by atoms with Gasteiger partial charge in [0.1, 0.15) is 4.70 Å². The molecule has 0 N–H and O–H groups in total. The Bertz CT molecular complexity index is 402. The fourth-order valence-corrected chi connectivity index (χ4v) is 1.83. The molecule has 4 heteroatoms. The van der Waals surface area contributed by atoms with Crippen molar-refractivity contribution in [3.8, 4) is 0 Å². The monoisotopic (exact) mass is 174 g/mol. The molecule has 0 radical (unpaired) electrons. The summed E-state index contributed by atoms with van der Waals surface area (Å²) in [5.41, 5.74) is 1.10. The van der Waals surface area contributed by atoms with Crippen LogP contribution in [0.5, 0.6) is 0 Å². The fraction of sp³-hybridized carbons (Fsp3) is 0.143. The molecule has 0 saturated carbocycles. The molecule has 0 fully saturated rings. The van der Waals surface area contributed by atoms with Gasteiger partial charge in [-0.3, -0.25) is 0 Å². The Labute approximate surface area is 65.2 Å². The number of rotatable bonds is 0. The summed E-state index contributed by atoms with van der Waals surface area (Å²) in [7, 11) is 0. The van der Waals surface area contributed by atoms with Crippen LogP contribution in [0.1, 0.15) is 5.56 Å². The van der Waals surface area contributed by atoms with Crippen molar-refractivity contribution in [2.75, 3.05) is 0 Å². The van der Waals surface area contributed by atoms with Crippen molar-refractivity contribution in [1.82, 2.24) is 0 Å². The minimum atomic E-state index is -1.12. The summed E-state index contributed by atoms with van der Waals surface area (Å²) in [5.74, 6) is -0.877. The van der Waals surface area contributed by atoms with E-state index in [1.165, 1.54) is 0 Å². The van der Waals surface area contributed by atoms with Crippen molar-refractivity contribution in [3.05, 3.63) is 22.8 Å². The van der Waals surface area contributed by atoms with Crippen LogP contribution in [0.2, 0.25) is 0 Å². The second-order valence-electron chi connectivity index (χ2n) is 2.27. The van der Waals surface area contributed by atoms with Crippen LogP contribution in [-0.4, -0.2) is 0 Å². The van der Waals surface area contributed by atoms with E-state index in [-0.39, 0.29) is 4.70 Å². The predicted octanol–water partition coefficient (Wildman–Crippen LogP) is 3.08. The summed E-state index contributed by atoms with van der Waals surface area (Å²) < 4.78 is 29.9. The molecule has 2 heterocycles. The van der Waals surface area contributed by atoms with Crippen LogP contribution in [0.4, 0.5) is 8.78 Å². The number of fused-ring (bicyclic) bond motifs is 1. The van der Waals surface area contributed by atoms with Gasteiger partial charge in [0.15, 0.2) is 5.58 Å². The highest BCUT2D eigenvalue weighted by Gasteiger charge is 2.16. The molecule has 0 amide bonds. The molecule has 2 aromatic heterocycles. The van der Waals surface area contributed by atoms with Gasteiger partial charge in [-0.1, -0.05) is 0 Å². The molecule has 0 atom stereocenters. The van der Waals surface area contributed by atoms with E-state index >= 15 is 0 Å². The Hall–Kier alpha value is -0.900. The van der Waals surface area contributed by atoms with Crippen LogP contribution in [-0.2, 0) is 0 Å². The maximum Gasteiger partial charge on any atom is 0.316 e. The maximum absolute atomic E-state index is 12.7. The van der Waals surface area contributed by atoms with Gasteiger partial charge in [-0.2, -0.15) is 8.78 Å². The van der Waals surface area contributed by atoms with Gasteiger partial charge in [0.25, 0.3) is 0 Å². The van der Waals surface area contributed by atoms with Gasteiger partial charge in [-0.15, -0.1) is 11.3 Å². The van der Waals surface area contributed by atoms with E-state index in [4.69, 9.17) is 0 Å². The zero-order valence-electron chi connectivity index (χ0n) is 5.65. The highest BCUT2D eigenvalue weighted by molar-refractivity contribution is 7.17. The summed E-state index contributed by atoms with van der Waals surface area (Å²) in [6, 6.07) is -1.12. The van der Waals surface area contributed by atoms with Gasteiger partial charge in [0.2, 0.25) is 5.82 Å². The smallest absolute Gasteiger partial charge is 0.316 e. The molecular weight excluding hydrogens is 170 g/mol. The highest BCUT2D eigenvalue weighted by atomic mass is 32.1. The van der Waals surface area contributed by atoms with E-state index in [2.05, 4.69) is 4.42 Å². The molecule has 1 nitrogen and oxygen atoms in total. The zero-order chi connectivity index (χ0) is 8.01. The van der Waals surface area contributed by atoms with Crippen LogP contribution < -0.4 is 0 Å². The second-order valence-corrected chi connectivity index (χ2v) is 3.15. The molecule has 0 unspecified atom stereocenters. The van der Waals surface area contributed by atoms with E-state index in [0.29, 0.717) is 5.58 Å². The van der Waals surface area contributed by atoms with E-state index in [0.717, 1.165) is 16.9 Å². The van der Waals surface area contributed by atoms with Crippen molar-refractivity contribution < 1.29 is 13.2 Å². The van der Waals surface area contributed by atoms with Gasteiger partial charge in [-0.25, -0.2) is 0 Å². The van der Waals surface area contributed by atoms with Gasteiger partial charge in [0, 0.05) is 5.56 Å². The van der Waals surface area contributed by atoms with Crippen LogP contribution in [0.3, 0.4) is 0 Å². The Kier molecular flexibility index (Phi) is 1.26. The lowest BCUT2D eigenvalue weighted by molar-refractivity contribution is 0.342. The SMILES string of the molecule is Cc1csc2c(F)c(F)oc12. The third kappa shape index (κ3) is 0.790. The van der Waals surface area contributed by atoms with E-state index < -0.39 is 11.8 Å². The minimum absolute atomic E-state index is 0.264. The summed E-state index contributed by atoms with van der Waals surface area (Å²) in [4.78, 5) is 0. The summed E-state index contributed by atoms with van der Waals surface area (Å²) >= 11 is 1.15. The normalized spacial score (nSPS) is 11.2. The van der Waals surface area contributed by atoms with Crippen LogP contribution in [0, 0.1) is 18.8 Å². The molecule has 0 saturated heterocycles. The number of aryl methyl sites for hydroxylation is 1. The van der Waals surface area contributed by atoms with Crippen molar-refractivity contribution in [1.29, 1.82) is 0 Å². The average Bonchev–Trinajstić information content (AvgIpc) is 2.43. The van der Waals surface area contributed by atoms with Crippen molar-refractivity contribution in [2.45, 2.75) is 6.92 Å². The molecule has 0 spiro atoms. The fourth-order valence-electron chi connectivity index (χ4n) is 0.935. The molecule has 0 aliphatic heterocycles. The van der Waals surface area contributed by atoms with E-state index in [1.54, 1.807) is 12.3 Å². The third-order valence-electron chi connectivity index (χ3n) is 1.48. The summed E-state index contributed by atoms with van der Waals surface area (Å²) in [5, 5.41) is 1.73. The van der Waals surface area contributed by atoms with Gasteiger partial charge < -0.3 is 4.42 Å². The number of halogens is 2. The Balaban J connectivity index is 2.93. The molecule has 0 aliphatic carbocycles. The first-order valence-electron chi connectivity index (χ1n) is 3.01. The number of hydrogen-bond donors (Lipinski definition) is 0. The van der Waals surface area contributed by atoms with Gasteiger partial charge in [-0.05, 0) is 12.3 Å². The largest absolute Gasteiger partial charge is 0.428 e. The molecular formula is C7H4F2OS. The Morgan fingerprint density at radius 1 is 1.45 bits per heavy atom. The molecule has 0 bridgehead atoms. The van der Waals surface area contributed by atoms with Crippen LogP contribution in [0.25, 0.3) is 10.3 Å². The average molecular weight is 174 g/mol. The minimum Gasteiger partial charge on any atom is -0.428 e. The van der Waals surface area contributed by atoms with Gasteiger partial charge >= 0.3 is 6.01 Å². The van der Waals surface area contributed by atoms with Crippen molar-refractivity contribution in [2.24, 2.45) is 0 Å². The molecule has 2 aromatic rings. The zero-order valence-corrected chi connectivity index (χ0v) is 6.47. The lowest BCUT2D eigenvalue weighted by Gasteiger charge is -1.78. The summed E-state index contributed by atoms with van der Waals surface area (Å²) in [6.07, 6.45) is 0. The first-order chi connectivity index (χ1) is 5.20.